The molecule has 7 heteroatoms. The van der Waals surface area contributed by atoms with Crippen molar-refractivity contribution in [3.63, 3.8) is 0 Å². The Kier molecular flexibility index (Phi) is 3.43. The smallest absolute Gasteiger partial charge is 0.324 e. The van der Waals surface area contributed by atoms with Crippen LogP contribution in [-0.4, -0.2) is 34.2 Å². The van der Waals surface area contributed by atoms with Crippen molar-refractivity contribution in [3.8, 4) is 5.88 Å². The minimum Gasteiger partial charge on any atom is -0.494 e. The van der Waals surface area contributed by atoms with Crippen LogP contribution in [0.15, 0.2) is 29.1 Å². The lowest BCUT2D eigenvalue weighted by Crippen LogP contribution is -2.24. The van der Waals surface area contributed by atoms with Gasteiger partial charge >= 0.3 is 11.9 Å². The molecule has 1 heterocycles. The average Bonchev–Trinajstić information content (AvgIpc) is 2.42. The molecule has 1 aromatic carbocycles. The van der Waals surface area contributed by atoms with E-state index in [1.807, 2.05) is 0 Å². The number of fused-ring (bicyclic) bond motifs is 1. The van der Waals surface area contributed by atoms with Gasteiger partial charge in [0.15, 0.2) is 11.8 Å². The van der Waals surface area contributed by atoms with Crippen LogP contribution in [0.5, 0.6) is 5.88 Å². The first-order valence-electron chi connectivity index (χ1n) is 5.62. The first-order chi connectivity index (χ1) is 9.47. The Morgan fingerprint density at radius 3 is 2.40 bits per heavy atom. The van der Waals surface area contributed by atoms with E-state index in [4.69, 9.17) is 0 Å². The molecule has 2 aromatic rings. The number of ether oxygens (including phenoxy) is 1. The monoisotopic (exact) mass is 277 g/mol. The van der Waals surface area contributed by atoms with Crippen molar-refractivity contribution >= 4 is 22.7 Å². The summed E-state index contributed by atoms with van der Waals surface area (Å²) in [6.45, 7) is 0. The summed E-state index contributed by atoms with van der Waals surface area (Å²) in [5.41, 5.74) is -0.768. The lowest BCUT2D eigenvalue weighted by molar-refractivity contribution is -0.152. The van der Waals surface area contributed by atoms with Gasteiger partial charge in [-0.25, -0.2) is 0 Å². The fourth-order valence-electron chi connectivity index (χ4n) is 2.04. The van der Waals surface area contributed by atoms with Gasteiger partial charge in [-0.1, -0.05) is 18.2 Å². The molecule has 2 rings (SSSR count). The molecule has 3 N–H and O–H groups in total. The average molecular weight is 277 g/mol. The first-order valence-corrected chi connectivity index (χ1v) is 5.62. The molecule has 0 fully saturated rings. The van der Waals surface area contributed by atoms with Crippen LogP contribution in [0, 0.1) is 0 Å². The van der Waals surface area contributed by atoms with Crippen LogP contribution in [-0.2, 0) is 14.3 Å². The van der Waals surface area contributed by atoms with Crippen molar-refractivity contribution in [2.45, 2.75) is 5.92 Å². The highest BCUT2D eigenvalue weighted by atomic mass is 16.5. The maximum absolute atomic E-state index is 11.7. The van der Waals surface area contributed by atoms with Gasteiger partial charge in [-0.05, 0) is 11.5 Å². The van der Waals surface area contributed by atoms with E-state index < -0.39 is 29.3 Å². The lowest BCUT2D eigenvalue weighted by Gasteiger charge is -2.14. The molecule has 0 amide bonds. The summed E-state index contributed by atoms with van der Waals surface area (Å²) in [5, 5.41) is 19.4. The van der Waals surface area contributed by atoms with Gasteiger partial charge in [0, 0.05) is 10.9 Å². The summed E-state index contributed by atoms with van der Waals surface area (Å²) in [6, 6.07) is 6.08. The molecule has 0 aliphatic carbocycles. The van der Waals surface area contributed by atoms with E-state index in [-0.39, 0.29) is 16.3 Å². The van der Waals surface area contributed by atoms with Crippen molar-refractivity contribution in [2.75, 3.05) is 7.11 Å². The molecule has 1 aromatic heterocycles. The molecule has 1 unspecified atom stereocenters. The highest BCUT2D eigenvalue weighted by Gasteiger charge is 2.34. The van der Waals surface area contributed by atoms with Gasteiger partial charge in [0.1, 0.15) is 0 Å². The predicted octanol–water partition coefficient (Wildman–Crippen LogP) is 0.575. The Labute approximate surface area is 112 Å². The molecule has 0 spiro atoms. The van der Waals surface area contributed by atoms with Gasteiger partial charge in [-0.15, -0.1) is 0 Å². The van der Waals surface area contributed by atoms with Crippen molar-refractivity contribution in [3.05, 3.63) is 40.2 Å². The van der Waals surface area contributed by atoms with E-state index in [0.717, 1.165) is 7.11 Å². The van der Waals surface area contributed by atoms with Crippen LogP contribution in [0.2, 0.25) is 0 Å². The molecular weight excluding hydrogens is 266 g/mol. The van der Waals surface area contributed by atoms with Gasteiger partial charge in [0.2, 0.25) is 0 Å². The Bertz CT molecular complexity index is 748. The number of aliphatic carboxylic acids is 1. The minimum absolute atomic E-state index is 0.176. The predicted molar refractivity (Wildman–Crippen MR) is 68.6 cm³/mol. The first kappa shape index (κ1) is 13.6. The second-order valence-corrected chi connectivity index (χ2v) is 4.06. The third kappa shape index (κ3) is 2.09. The van der Waals surface area contributed by atoms with Gasteiger partial charge in [0.25, 0.3) is 5.56 Å². The number of carbonyl (C=O) groups is 2. The number of nitrogens with one attached hydrogen (secondary N) is 1. The minimum atomic E-state index is -1.72. The Balaban J connectivity index is 2.85. The number of methoxy groups -OCH3 is 1. The number of pyridine rings is 1. The fourth-order valence-corrected chi connectivity index (χ4v) is 2.04. The SMILES string of the molecule is COC(=O)C(C(=O)O)c1c(O)[nH]c(=O)c2ccccc12. The van der Waals surface area contributed by atoms with Gasteiger partial charge in [-0.3, -0.25) is 19.4 Å². The largest absolute Gasteiger partial charge is 0.494 e. The number of H-pyrrole nitrogens is 1. The number of aromatic amines is 1. The second-order valence-electron chi connectivity index (χ2n) is 4.06. The molecule has 104 valence electrons. The number of hydrogen-bond acceptors (Lipinski definition) is 5. The standard InChI is InChI=1S/C13H11NO6/c1-20-13(19)9(12(17)18)8-6-4-2-3-5-7(6)10(15)14-11(8)16/h2-5,9H,1H3,(H,17,18)(H2,14,15,16). The van der Waals surface area contributed by atoms with Crippen molar-refractivity contribution in [2.24, 2.45) is 0 Å². The molecule has 0 saturated heterocycles. The molecule has 0 aliphatic rings. The summed E-state index contributed by atoms with van der Waals surface area (Å²) < 4.78 is 4.44. The Hall–Kier alpha value is -2.83. The van der Waals surface area contributed by atoms with Crippen LogP contribution >= 0.6 is 0 Å². The summed E-state index contributed by atoms with van der Waals surface area (Å²) in [4.78, 5) is 36.7. The Morgan fingerprint density at radius 1 is 1.25 bits per heavy atom. The number of carboxylic acids is 1. The van der Waals surface area contributed by atoms with Crippen molar-refractivity contribution in [1.29, 1.82) is 0 Å². The zero-order chi connectivity index (χ0) is 14.9. The van der Waals surface area contributed by atoms with E-state index >= 15 is 0 Å². The summed E-state index contributed by atoms with van der Waals surface area (Å²) >= 11 is 0. The quantitative estimate of drug-likeness (QED) is 0.558. The van der Waals surface area contributed by atoms with E-state index in [2.05, 4.69) is 9.72 Å². The maximum atomic E-state index is 11.7. The number of esters is 1. The number of benzene rings is 1. The molecular formula is C13H11NO6. The third-order valence-electron chi connectivity index (χ3n) is 2.92. The van der Waals surface area contributed by atoms with Crippen LogP contribution < -0.4 is 5.56 Å². The zero-order valence-corrected chi connectivity index (χ0v) is 10.4. The van der Waals surface area contributed by atoms with E-state index in [9.17, 15) is 24.6 Å². The van der Waals surface area contributed by atoms with Crippen LogP contribution in [0.25, 0.3) is 10.8 Å². The normalized spacial score (nSPS) is 12.1. The van der Waals surface area contributed by atoms with Crippen LogP contribution in [0.4, 0.5) is 0 Å². The number of aromatic hydroxyl groups is 1. The topological polar surface area (TPSA) is 117 Å². The Morgan fingerprint density at radius 2 is 1.85 bits per heavy atom. The summed E-state index contributed by atoms with van der Waals surface area (Å²) in [6.07, 6.45) is 0. The number of carboxylic acid groups (broad SMARTS) is 1. The number of hydrogen-bond donors (Lipinski definition) is 3. The lowest BCUT2D eigenvalue weighted by atomic mass is 9.95. The molecule has 0 bridgehead atoms. The molecule has 7 nitrogen and oxygen atoms in total. The zero-order valence-electron chi connectivity index (χ0n) is 10.4. The third-order valence-corrected chi connectivity index (χ3v) is 2.92. The van der Waals surface area contributed by atoms with Crippen LogP contribution in [0.3, 0.4) is 0 Å². The highest BCUT2D eigenvalue weighted by molar-refractivity contribution is 6.04. The molecule has 1 atom stereocenters. The van der Waals surface area contributed by atoms with Crippen LogP contribution in [0.1, 0.15) is 11.5 Å². The van der Waals surface area contributed by atoms with E-state index in [1.165, 1.54) is 12.1 Å². The van der Waals surface area contributed by atoms with Gasteiger partial charge in [0.05, 0.1) is 7.11 Å². The van der Waals surface area contributed by atoms with Crippen molar-refractivity contribution < 1.29 is 24.5 Å². The second kappa shape index (κ2) is 5.04. The van der Waals surface area contributed by atoms with Crippen molar-refractivity contribution in [1.82, 2.24) is 4.98 Å². The molecule has 0 aliphatic heterocycles. The summed E-state index contributed by atoms with van der Waals surface area (Å²) in [5.74, 6) is -4.90. The maximum Gasteiger partial charge on any atom is 0.324 e. The number of aromatic nitrogens is 1. The van der Waals surface area contributed by atoms with E-state index in [0.29, 0.717) is 0 Å². The van der Waals surface area contributed by atoms with Gasteiger partial charge < -0.3 is 14.9 Å². The molecule has 0 radical (unpaired) electrons. The number of rotatable bonds is 3. The fraction of sp³-hybridized carbons (Fsp3) is 0.154. The van der Waals surface area contributed by atoms with E-state index in [1.54, 1.807) is 12.1 Å². The molecule has 0 saturated carbocycles. The number of carbonyl (C=O) groups excluding carboxylic acids is 1. The van der Waals surface area contributed by atoms with Gasteiger partial charge in [-0.2, -0.15) is 0 Å². The highest BCUT2D eigenvalue weighted by Crippen LogP contribution is 2.31. The molecule has 20 heavy (non-hydrogen) atoms. The summed E-state index contributed by atoms with van der Waals surface area (Å²) in [7, 11) is 1.04.